The molecule has 3 aromatic rings. The number of hydrogen-bond donors (Lipinski definition) is 2. The van der Waals surface area contributed by atoms with Crippen molar-refractivity contribution in [3.8, 4) is 0 Å². The van der Waals surface area contributed by atoms with Crippen LogP contribution in [-0.2, 0) is 16.6 Å². The van der Waals surface area contributed by atoms with E-state index in [1.54, 1.807) is 17.1 Å². The SMILES string of the molecule is CC(C)(C)Cn1cc(S(=O)(=O)N[C@H]2CC[C@H](c3c[nH]c4ncccc43)CC2)cn1. The number of aromatic nitrogens is 4. The van der Waals surface area contributed by atoms with Crippen molar-refractivity contribution in [1.82, 2.24) is 24.5 Å². The van der Waals surface area contributed by atoms with E-state index >= 15 is 0 Å². The molecule has 0 bridgehead atoms. The second-order valence-corrected chi connectivity index (χ2v) is 11.0. The minimum absolute atomic E-state index is 0.0365. The normalized spacial score (nSPS) is 20.9. The van der Waals surface area contributed by atoms with E-state index in [9.17, 15) is 8.42 Å². The van der Waals surface area contributed by atoms with Gasteiger partial charge in [-0.25, -0.2) is 18.1 Å². The van der Waals surface area contributed by atoms with Gasteiger partial charge in [0.15, 0.2) is 0 Å². The molecule has 3 aromatic heterocycles. The molecule has 0 aliphatic heterocycles. The van der Waals surface area contributed by atoms with Crippen LogP contribution in [0.15, 0.2) is 41.8 Å². The molecule has 29 heavy (non-hydrogen) atoms. The highest BCUT2D eigenvalue weighted by Crippen LogP contribution is 2.36. The summed E-state index contributed by atoms with van der Waals surface area (Å²) >= 11 is 0. The van der Waals surface area contributed by atoms with E-state index in [2.05, 4.69) is 52.8 Å². The minimum atomic E-state index is -3.55. The summed E-state index contributed by atoms with van der Waals surface area (Å²) in [7, 11) is -3.55. The fourth-order valence-electron chi connectivity index (χ4n) is 4.18. The third-order valence-corrected chi connectivity index (χ3v) is 7.00. The molecule has 1 aliphatic rings. The third-order valence-electron chi connectivity index (χ3n) is 5.53. The van der Waals surface area contributed by atoms with Gasteiger partial charge in [-0.1, -0.05) is 20.8 Å². The first-order valence-corrected chi connectivity index (χ1v) is 11.7. The van der Waals surface area contributed by atoms with Gasteiger partial charge < -0.3 is 4.98 Å². The number of hydrogen-bond acceptors (Lipinski definition) is 4. The molecule has 0 atom stereocenters. The van der Waals surface area contributed by atoms with Crippen molar-refractivity contribution in [3.63, 3.8) is 0 Å². The van der Waals surface area contributed by atoms with E-state index in [1.807, 2.05) is 6.07 Å². The topological polar surface area (TPSA) is 92.7 Å². The molecular weight excluding hydrogens is 386 g/mol. The van der Waals surface area contributed by atoms with Crippen molar-refractivity contribution in [1.29, 1.82) is 0 Å². The molecule has 7 nitrogen and oxygen atoms in total. The Labute approximate surface area is 172 Å². The number of nitrogens with zero attached hydrogens (tertiary/aromatic N) is 3. The Balaban J connectivity index is 1.39. The van der Waals surface area contributed by atoms with Crippen LogP contribution in [0.3, 0.4) is 0 Å². The fraction of sp³-hybridized carbons (Fsp3) is 0.524. The molecule has 0 radical (unpaired) electrons. The molecule has 1 aliphatic carbocycles. The third kappa shape index (κ3) is 4.53. The van der Waals surface area contributed by atoms with Crippen LogP contribution in [0.5, 0.6) is 0 Å². The number of aromatic amines is 1. The number of fused-ring (bicyclic) bond motifs is 1. The van der Waals surface area contributed by atoms with Crippen LogP contribution in [0.4, 0.5) is 0 Å². The average Bonchev–Trinajstić information content (AvgIpc) is 3.28. The summed E-state index contributed by atoms with van der Waals surface area (Å²) in [6, 6.07) is 4.02. The Morgan fingerprint density at radius 2 is 2.00 bits per heavy atom. The first-order valence-electron chi connectivity index (χ1n) is 10.2. The first kappa shape index (κ1) is 20.1. The van der Waals surface area contributed by atoms with Crippen LogP contribution in [0.1, 0.15) is 57.9 Å². The van der Waals surface area contributed by atoms with Crippen molar-refractivity contribution in [2.75, 3.05) is 0 Å². The quantitative estimate of drug-likeness (QED) is 0.663. The highest BCUT2D eigenvalue weighted by molar-refractivity contribution is 7.89. The lowest BCUT2D eigenvalue weighted by Gasteiger charge is -2.28. The lowest BCUT2D eigenvalue weighted by Crippen LogP contribution is -2.37. The maximum absolute atomic E-state index is 12.8. The van der Waals surface area contributed by atoms with Gasteiger partial charge in [0.2, 0.25) is 10.0 Å². The number of H-pyrrole nitrogens is 1. The van der Waals surface area contributed by atoms with Gasteiger partial charge in [0.05, 0.1) is 6.20 Å². The van der Waals surface area contributed by atoms with Crippen LogP contribution in [0, 0.1) is 5.41 Å². The van der Waals surface area contributed by atoms with Gasteiger partial charge in [-0.3, -0.25) is 4.68 Å². The van der Waals surface area contributed by atoms with Gasteiger partial charge >= 0.3 is 0 Å². The summed E-state index contributed by atoms with van der Waals surface area (Å²) in [6.07, 6.45) is 10.5. The zero-order valence-corrected chi connectivity index (χ0v) is 18.0. The second kappa shape index (κ2) is 7.57. The van der Waals surface area contributed by atoms with Crippen LogP contribution >= 0.6 is 0 Å². The molecule has 4 rings (SSSR count). The van der Waals surface area contributed by atoms with Crippen molar-refractivity contribution in [2.24, 2.45) is 5.41 Å². The Morgan fingerprint density at radius 1 is 1.24 bits per heavy atom. The van der Waals surface area contributed by atoms with Gasteiger partial charge in [-0.15, -0.1) is 0 Å². The summed E-state index contributed by atoms with van der Waals surface area (Å²) in [5.74, 6) is 0.434. The number of sulfonamides is 1. The first-order chi connectivity index (χ1) is 13.7. The predicted octanol–water partition coefficient (Wildman–Crippen LogP) is 3.81. The fourth-order valence-corrected chi connectivity index (χ4v) is 5.44. The summed E-state index contributed by atoms with van der Waals surface area (Å²) in [5, 5.41) is 5.39. The van der Waals surface area contributed by atoms with Gasteiger partial charge in [-0.2, -0.15) is 5.10 Å². The summed E-state index contributed by atoms with van der Waals surface area (Å²) in [4.78, 5) is 7.85. The van der Waals surface area contributed by atoms with E-state index in [0.717, 1.165) is 31.3 Å². The van der Waals surface area contributed by atoms with Gasteiger partial charge in [0.1, 0.15) is 10.5 Å². The molecule has 0 saturated heterocycles. The summed E-state index contributed by atoms with van der Waals surface area (Å²) < 4.78 is 30.2. The Hall–Kier alpha value is -2.19. The van der Waals surface area contributed by atoms with E-state index in [4.69, 9.17) is 0 Å². The predicted molar refractivity (Wildman–Crippen MR) is 113 cm³/mol. The lowest BCUT2D eigenvalue weighted by molar-refractivity contribution is 0.325. The zero-order chi connectivity index (χ0) is 20.6. The maximum atomic E-state index is 12.8. The number of nitrogens with one attached hydrogen (secondary N) is 2. The molecule has 1 saturated carbocycles. The number of rotatable bonds is 5. The molecule has 1 fully saturated rings. The molecule has 8 heteroatoms. The summed E-state index contributed by atoms with van der Waals surface area (Å²) in [6.45, 7) is 6.98. The molecule has 0 aromatic carbocycles. The molecule has 0 spiro atoms. The zero-order valence-electron chi connectivity index (χ0n) is 17.2. The number of pyridine rings is 1. The Bertz CT molecular complexity index is 1090. The molecule has 0 unspecified atom stereocenters. The smallest absolute Gasteiger partial charge is 0.243 e. The average molecular weight is 416 g/mol. The molecule has 2 N–H and O–H groups in total. The highest BCUT2D eigenvalue weighted by atomic mass is 32.2. The van der Waals surface area contributed by atoms with Crippen LogP contribution in [0.25, 0.3) is 11.0 Å². The monoisotopic (exact) mass is 415 g/mol. The lowest BCUT2D eigenvalue weighted by atomic mass is 9.82. The summed E-state index contributed by atoms with van der Waals surface area (Å²) in [5.41, 5.74) is 2.24. The molecule has 0 amide bonds. The molecule has 3 heterocycles. The van der Waals surface area contributed by atoms with Crippen LogP contribution in [-0.4, -0.2) is 34.2 Å². The molecule has 156 valence electrons. The Morgan fingerprint density at radius 3 is 2.72 bits per heavy atom. The van der Waals surface area contributed by atoms with Gasteiger partial charge in [0, 0.05) is 36.6 Å². The van der Waals surface area contributed by atoms with E-state index in [1.165, 1.54) is 17.1 Å². The highest BCUT2D eigenvalue weighted by Gasteiger charge is 2.28. The van der Waals surface area contributed by atoms with Crippen LogP contribution < -0.4 is 4.72 Å². The standard InChI is InChI=1S/C21H29N5O2S/c1-21(2,3)14-26-13-17(11-24-26)29(27,28)25-16-8-6-15(7-9-16)19-12-23-20-18(19)5-4-10-22-20/h4-5,10-13,15-16,25H,6-9,14H2,1-3H3,(H,22,23)/t15-,16-. The minimum Gasteiger partial charge on any atom is -0.346 e. The van der Waals surface area contributed by atoms with Crippen molar-refractivity contribution in [3.05, 3.63) is 42.5 Å². The largest absolute Gasteiger partial charge is 0.346 e. The van der Waals surface area contributed by atoms with E-state index in [-0.39, 0.29) is 16.4 Å². The Kier molecular flexibility index (Phi) is 5.25. The molecular formula is C21H29N5O2S. The van der Waals surface area contributed by atoms with Gasteiger partial charge in [-0.05, 0) is 54.7 Å². The maximum Gasteiger partial charge on any atom is 0.243 e. The van der Waals surface area contributed by atoms with Crippen molar-refractivity contribution >= 4 is 21.1 Å². The van der Waals surface area contributed by atoms with Crippen molar-refractivity contribution < 1.29 is 8.42 Å². The second-order valence-electron chi connectivity index (χ2n) is 9.25. The van der Waals surface area contributed by atoms with Crippen LogP contribution in [0.2, 0.25) is 0 Å². The van der Waals surface area contributed by atoms with E-state index < -0.39 is 10.0 Å². The van der Waals surface area contributed by atoms with Crippen molar-refractivity contribution in [2.45, 2.75) is 69.9 Å². The van der Waals surface area contributed by atoms with E-state index in [0.29, 0.717) is 12.5 Å². The van der Waals surface area contributed by atoms with Gasteiger partial charge in [0.25, 0.3) is 0 Å².